The highest BCUT2D eigenvalue weighted by Gasteiger charge is 2.36. The molecule has 0 saturated heterocycles. The lowest BCUT2D eigenvalue weighted by Crippen LogP contribution is -2.15. The largest absolute Gasteiger partial charge is 0.469 e. The summed E-state index contributed by atoms with van der Waals surface area (Å²) >= 11 is 0. The summed E-state index contributed by atoms with van der Waals surface area (Å²) in [6.07, 6.45) is -4.77. The van der Waals surface area contributed by atoms with Crippen molar-refractivity contribution < 1.29 is 32.2 Å². The van der Waals surface area contributed by atoms with Crippen molar-refractivity contribution in [2.45, 2.75) is 33.4 Å². The molecule has 1 N–H and O–H groups in total. The highest BCUT2D eigenvalue weighted by atomic mass is 19.4. The molecule has 1 aromatic heterocycles. The number of anilines is 1. The summed E-state index contributed by atoms with van der Waals surface area (Å²) in [5, 5.41) is 2.73. The molecular weight excluding hydrogens is 449 g/mol. The molecule has 4 rings (SSSR count). The van der Waals surface area contributed by atoms with Gasteiger partial charge in [0.05, 0.1) is 19.2 Å². The van der Waals surface area contributed by atoms with Crippen LogP contribution < -0.4 is 10.1 Å². The number of aromatic nitrogens is 1. The Bertz CT molecular complexity index is 1320. The molecule has 2 heterocycles. The standard InChI is InChI=1S/C25H21F3N2O4/c1-12-5-7-15(8-6-12)20-14(3)22-21(13(2)17(20)11-19(31)33-4)30-23(32)16-9-10-18(25(26,27)28)29-24(16)34-22/h5-10H,11H2,1-4H3,(H,30,32). The number of amides is 1. The second-order valence-corrected chi connectivity index (χ2v) is 8.03. The van der Waals surface area contributed by atoms with Gasteiger partial charge >= 0.3 is 12.1 Å². The van der Waals surface area contributed by atoms with Crippen LogP contribution in [0.4, 0.5) is 18.9 Å². The highest BCUT2D eigenvalue weighted by molar-refractivity contribution is 6.09. The molecule has 1 aliphatic rings. The number of ether oxygens (including phenoxy) is 2. The average Bonchev–Trinajstić information content (AvgIpc) is 2.94. The zero-order valence-corrected chi connectivity index (χ0v) is 18.9. The van der Waals surface area contributed by atoms with Crippen molar-refractivity contribution in [3.05, 3.63) is 69.9 Å². The van der Waals surface area contributed by atoms with Crippen molar-refractivity contribution in [3.8, 4) is 22.8 Å². The summed E-state index contributed by atoms with van der Waals surface area (Å²) < 4.78 is 50.5. The number of benzene rings is 2. The summed E-state index contributed by atoms with van der Waals surface area (Å²) in [5.41, 5.74) is 3.15. The first kappa shape index (κ1) is 23.3. The number of esters is 1. The monoisotopic (exact) mass is 470 g/mol. The van der Waals surface area contributed by atoms with Crippen LogP contribution in [0, 0.1) is 20.8 Å². The Balaban J connectivity index is 1.98. The van der Waals surface area contributed by atoms with E-state index in [0.717, 1.165) is 23.3 Å². The summed E-state index contributed by atoms with van der Waals surface area (Å²) in [6.45, 7) is 5.37. The molecule has 0 unspecified atom stereocenters. The van der Waals surface area contributed by atoms with E-state index in [2.05, 4.69) is 10.3 Å². The van der Waals surface area contributed by atoms with Gasteiger partial charge in [0.25, 0.3) is 5.91 Å². The molecule has 0 aliphatic carbocycles. The van der Waals surface area contributed by atoms with Gasteiger partial charge in [0.15, 0.2) is 5.75 Å². The van der Waals surface area contributed by atoms with Crippen LogP contribution in [-0.2, 0) is 22.1 Å². The fourth-order valence-electron chi connectivity index (χ4n) is 3.99. The predicted molar refractivity (Wildman–Crippen MR) is 119 cm³/mol. The number of nitrogens with one attached hydrogen (secondary N) is 1. The molecule has 6 nitrogen and oxygen atoms in total. The van der Waals surface area contributed by atoms with Crippen LogP contribution >= 0.6 is 0 Å². The number of aryl methyl sites for hydroxylation is 1. The van der Waals surface area contributed by atoms with Crippen LogP contribution in [0.2, 0.25) is 0 Å². The third-order valence-electron chi connectivity index (χ3n) is 5.79. The average molecular weight is 470 g/mol. The number of carbonyl (C=O) groups excluding carboxylic acids is 2. The Morgan fingerprint density at radius 2 is 1.74 bits per heavy atom. The molecule has 0 radical (unpaired) electrons. The van der Waals surface area contributed by atoms with Gasteiger partial charge in [-0.05, 0) is 55.2 Å². The van der Waals surface area contributed by atoms with Crippen molar-refractivity contribution in [1.82, 2.24) is 4.98 Å². The molecule has 176 valence electrons. The number of hydrogen-bond donors (Lipinski definition) is 1. The van der Waals surface area contributed by atoms with Gasteiger partial charge in [-0.1, -0.05) is 29.8 Å². The lowest BCUT2D eigenvalue weighted by atomic mass is 9.88. The number of rotatable bonds is 3. The van der Waals surface area contributed by atoms with Gasteiger partial charge in [-0.25, -0.2) is 4.98 Å². The van der Waals surface area contributed by atoms with Crippen molar-refractivity contribution in [2.24, 2.45) is 0 Å². The SMILES string of the molecule is COC(=O)Cc1c(C)c2c(c(C)c1-c1ccc(C)cc1)Oc1nc(C(F)(F)F)ccc1C(=O)N2. The number of alkyl halides is 3. The Kier molecular flexibility index (Phi) is 5.80. The first-order valence-corrected chi connectivity index (χ1v) is 10.4. The number of pyridine rings is 1. The zero-order valence-electron chi connectivity index (χ0n) is 18.9. The first-order valence-electron chi connectivity index (χ1n) is 10.4. The van der Waals surface area contributed by atoms with E-state index in [1.54, 1.807) is 13.8 Å². The Hall–Kier alpha value is -3.88. The Labute approximate surface area is 193 Å². The molecule has 0 atom stereocenters. The van der Waals surface area contributed by atoms with E-state index in [-0.39, 0.29) is 23.4 Å². The van der Waals surface area contributed by atoms with E-state index in [1.165, 1.54) is 7.11 Å². The van der Waals surface area contributed by atoms with Crippen LogP contribution in [0.25, 0.3) is 11.1 Å². The molecule has 3 aromatic rings. The predicted octanol–water partition coefficient (Wildman–Crippen LogP) is 5.77. The van der Waals surface area contributed by atoms with E-state index >= 15 is 0 Å². The molecule has 0 fully saturated rings. The smallest absolute Gasteiger partial charge is 0.433 e. The second-order valence-electron chi connectivity index (χ2n) is 8.03. The Morgan fingerprint density at radius 1 is 1.06 bits per heavy atom. The normalized spacial score (nSPS) is 12.7. The van der Waals surface area contributed by atoms with Crippen LogP contribution in [0.15, 0.2) is 36.4 Å². The van der Waals surface area contributed by atoms with Gasteiger partial charge in [-0.15, -0.1) is 0 Å². The van der Waals surface area contributed by atoms with Crippen LogP contribution in [0.3, 0.4) is 0 Å². The van der Waals surface area contributed by atoms with Gasteiger partial charge < -0.3 is 14.8 Å². The van der Waals surface area contributed by atoms with Crippen molar-refractivity contribution >= 4 is 17.6 Å². The van der Waals surface area contributed by atoms with Gasteiger partial charge in [0, 0.05) is 5.56 Å². The molecule has 0 saturated carbocycles. The van der Waals surface area contributed by atoms with Gasteiger partial charge in [0.2, 0.25) is 5.88 Å². The Morgan fingerprint density at radius 3 is 2.35 bits per heavy atom. The minimum Gasteiger partial charge on any atom is -0.469 e. The summed E-state index contributed by atoms with van der Waals surface area (Å²) in [7, 11) is 1.28. The molecule has 0 spiro atoms. The second kappa shape index (κ2) is 8.48. The van der Waals surface area contributed by atoms with Crippen molar-refractivity contribution in [1.29, 1.82) is 0 Å². The van der Waals surface area contributed by atoms with Crippen LogP contribution in [0.5, 0.6) is 11.6 Å². The summed E-state index contributed by atoms with van der Waals surface area (Å²) in [5.74, 6) is -1.41. The van der Waals surface area contributed by atoms with Crippen molar-refractivity contribution in [2.75, 3.05) is 12.4 Å². The maximum Gasteiger partial charge on any atom is 0.433 e. The third kappa shape index (κ3) is 4.09. The number of hydrogen-bond acceptors (Lipinski definition) is 5. The zero-order chi connectivity index (χ0) is 24.8. The number of nitrogens with zero attached hydrogens (tertiary/aromatic N) is 1. The summed E-state index contributed by atoms with van der Waals surface area (Å²) in [4.78, 5) is 28.7. The maximum atomic E-state index is 13.3. The van der Waals surface area contributed by atoms with E-state index in [4.69, 9.17) is 9.47 Å². The lowest BCUT2D eigenvalue weighted by molar-refractivity contribution is -0.141. The maximum absolute atomic E-state index is 13.3. The minimum absolute atomic E-state index is 0.0705. The van der Waals surface area contributed by atoms with Gasteiger partial charge in [0.1, 0.15) is 11.3 Å². The number of carbonyl (C=O) groups is 2. The number of fused-ring (bicyclic) bond motifs is 2. The van der Waals surface area contributed by atoms with Crippen LogP contribution in [0.1, 0.15) is 38.3 Å². The van der Waals surface area contributed by atoms with Gasteiger partial charge in [-0.2, -0.15) is 13.2 Å². The highest BCUT2D eigenvalue weighted by Crippen LogP contribution is 2.46. The van der Waals surface area contributed by atoms with E-state index < -0.39 is 29.6 Å². The molecule has 9 heteroatoms. The molecule has 0 bridgehead atoms. The van der Waals surface area contributed by atoms with E-state index in [0.29, 0.717) is 22.3 Å². The fourth-order valence-corrected chi connectivity index (χ4v) is 3.99. The number of halogens is 3. The molecule has 1 aliphatic heterocycles. The quantitative estimate of drug-likeness (QED) is 0.492. The molecular formula is C25H21F3N2O4. The minimum atomic E-state index is -4.70. The summed E-state index contributed by atoms with van der Waals surface area (Å²) in [6, 6.07) is 9.35. The molecule has 2 aromatic carbocycles. The topological polar surface area (TPSA) is 77.5 Å². The van der Waals surface area contributed by atoms with Crippen molar-refractivity contribution in [3.63, 3.8) is 0 Å². The number of methoxy groups -OCH3 is 1. The van der Waals surface area contributed by atoms with Crippen LogP contribution in [-0.4, -0.2) is 24.0 Å². The van der Waals surface area contributed by atoms with E-state index in [1.807, 2.05) is 31.2 Å². The van der Waals surface area contributed by atoms with E-state index in [9.17, 15) is 22.8 Å². The fraction of sp³-hybridized carbons (Fsp3) is 0.240. The first-order chi connectivity index (χ1) is 16.0. The van der Waals surface area contributed by atoms with Gasteiger partial charge in [-0.3, -0.25) is 9.59 Å². The third-order valence-corrected chi connectivity index (χ3v) is 5.79. The molecule has 34 heavy (non-hydrogen) atoms. The lowest BCUT2D eigenvalue weighted by Gasteiger charge is -2.22. The molecule has 1 amide bonds.